The molecule has 1 N–H and O–H groups in total. The van der Waals surface area contributed by atoms with E-state index in [1.165, 1.54) is 12.3 Å². The van der Waals surface area contributed by atoms with E-state index in [9.17, 15) is 13.2 Å². The maximum atomic E-state index is 13.2. The molecule has 3 aromatic rings. The molecule has 0 spiro atoms. The molecule has 0 amide bonds. The summed E-state index contributed by atoms with van der Waals surface area (Å²) in [5, 5.41) is 3.60. The van der Waals surface area contributed by atoms with Gasteiger partial charge < -0.3 is 10.1 Å². The number of nitrogens with zero attached hydrogens (tertiary/aromatic N) is 2. The van der Waals surface area contributed by atoms with Crippen LogP contribution in [-0.4, -0.2) is 23.6 Å². The second-order valence-electron chi connectivity index (χ2n) is 9.41. The van der Waals surface area contributed by atoms with Gasteiger partial charge >= 0.3 is 6.18 Å². The number of rotatable bonds is 6. The Bertz CT molecular complexity index is 1150. The van der Waals surface area contributed by atoms with Crippen molar-refractivity contribution in [1.82, 2.24) is 9.97 Å². The van der Waals surface area contributed by atoms with Gasteiger partial charge in [-0.25, -0.2) is 4.98 Å². The van der Waals surface area contributed by atoms with Crippen LogP contribution in [-0.2, 0) is 11.6 Å². The quantitative estimate of drug-likeness (QED) is 0.464. The van der Waals surface area contributed by atoms with Crippen molar-refractivity contribution in [3.05, 3.63) is 72.2 Å². The lowest BCUT2D eigenvalue weighted by atomic mass is 9.79. The molecule has 0 atom stereocenters. The molecule has 0 saturated heterocycles. The Morgan fingerprint density at radius 3 is 2.45 bits per heavy atom. The van der Waals surface area contributed by atoms with Crippen molar-refractivity contribution < 1.29 is 17.9 Å². The molecule has 0 aliphatic heterocycles. The Morgan fingerprint density at radius 1 is 0.939 bits per heavy atom. The van der Waals surface area contributed by atoms with Crippen LogP contribution in [0.5, 0.6) is 5.88 Å². The first-order chi connectivity index (χ1) is 15.8. The van der Waals surface area contributed by atoms with Gasteiger partial charge in [0.25, 0.3) is 0 Å². The Morgan fingerprint density at radius 2 is 1.70 bits per heavy atom. The van der Waals surface area contributed by atoms with Crippen LogP contribution in [0.1, 0.15) is 43.4 Å². The van der Waals surface area contributed by atoms with E-state index in [0.717, 1.165) is 61.5 Å². The second kappa shape index (κ2) is 8.04. The number of benzene rings is 1. The average Bonchev–Trinajstić information content (AvgIpc) is 3.41. The number of fused-ring (bicyclic) bond motifs is 2. The van der Waals surface area contributed by atoms with E-state index in [0.29, 0.717) is 11.6 Å². The number of hydrogen-bond donors (Lipinski definition) is 1. The zero-order chi connectivity index (χ0) is 23.1. The van der Waals surface area contributed by atoms with E-state index >= 15 is 0 Å². The molecule has 0 radical (unpaired) electrons. The van der Waals surface area contributed by atoms with Gasteiger partial charge in [-0.2, -0.15) is 13.2 Å². The Hall–Kier alpha value is -3.09. The standard InChI is InChI=1S/C26H26F3N3O/c1-33-23-14-19(5-11-31-23)18-3-2-4-21(13-18)32-17-24-7-9-25(16-24,10-8-24)22-15-20(6-12-30-22)26(27,28)29/h2-6,11-15,32H,7-10,16-17H2,1H3. The fourth-order valence-electron chi connectivity index (χ4n) is 5.61. The highest BCUT2D eigenvalue weighted by Gasteiger charge is 2.55. The van der Waals surface area contributed by atoms with E-state index in [2.05, 4.69) is 21.4 Å². The zero-order valence-electron chi connectivity index (χ0n) is 18.5. The van der Waals surface area contributed by atoms with Crippen molar-refractivity contribution in [2.75, 3.05) is 19.0 Å². The Labute approximate surface area is 191 Å². The van der Waals surface area contributed by atoms with Gasteiger partial charge in [0.1, 0.15) is 0 Å². The summed E-state index contributed by atoms with van der Waals surface area (Å²) >= 11 is 0. The molecule has 2 bridgehead atoms. The van der Waals surface area contributed by atoms with Gasteiger partial charge in [0, 0.05) is 41.8 Å². The predicted molar refractivity (Wildman–Crippen MR) is 121 cm³/mol. The highest BCUT2D eigenvalue weighted by Crippen LogP contribution is 2.62. The highest BCUT2D eigenvalue weighted by molar-refractivity contribution is 5.68. The molecule has 0 unspecified atom stereocenters. The minimum absolute atomic E-state index is 0.0891. The zero-order valence-corrected chi connectivity index (χ0v) is 18.5. The second-order valence-corrected chi connectivity index (χ2v) is 9.41. The Kier molecular flexibility index (Phi) is 5.30. The number of alkyl halides is 3. The summed E-state index contributed by atoms with van der Waals surface area (Å²) in [6.45, 7) is 0.802. The third kappa shape index (κ3) is 4.16. The fraction of sp³-hybridized carbons (Fsp3) is 0.385. The maximum absolute atomic E-state index is 13.2. The molecule has 33 heavy (non-hydrogen) atoms. The maximum Gasteiger partial charge on any atom is 0.416 e. The molecule has 4 nitrogen and oxygen atoms in total. The summed E-state index contributed by atoms with van der Waals surface area (Å²) in [6, 6.07) is 14.4. The summed E-state index contributed by atoms with van der Waals surface area (Å²) in [5.41, 5.74) is 2.97. The van der Waals surface area contributed by atoms with Crippen LogP contribution in [0, 0.1) is 5.41 Å². The molecule has 2 aliphatic carbocycles. The molecule has 5 rings (SSSR count). The summed E-state index contributed by atoms with van der Waals surface area (Å²) in [7, 11) is 1.60. The van der Waals surface area contributed by atoms with Crippen molar-refractivity contribution in [2.24, 2.45) is 5.41 Å². The van der Waals surface area contributed by atoms with Gasteiger partial charge in [0.05, 0.1) is 12.7 Å². The first kappa shape index (κ1) is 21.7. The van der Waals surface area contributed by atoms with Crippen molar-refractivity contribution >= 4 is 5.69 Å². The highest BCUT2D eigenvalue weighted by atomic mass is 19.4. The van der Waals surface area contributed by atoms with Crippen LogP contribution < -0.4 is 10.1 Å². The number of halogens is 3. The van der Waals surface area contributed by atoms with E-state index in [1.54, 1.807) is 13.3 Å². The number of methoxy groups -OCH3 is 1. The van der Waals surface area contributed by atoms with Crippen LogP contribution in [0.3, 0.4) is 0 Å². The number of anilines is 1. The van der Waals surface area contributed by atoms with Crippen LogP contribution in [0.25, 0.3) is 11.1 Å². The third-order valence-electron chi connectivity index (χ3n) is 7.42. The first-order valence-corrected chi connectivity index (χ1v) is 11.2. The van der Waals surface area contributed by atoms with E-state index in [-0.39, 0.29) is 10.8 Å². The monoisotopic (exact) mass is 453 g/mol. The van der Waals surface area contributed by atoms with E-state index in [1.807, 2.05) is 30.3 Å². The number of hydrogen-bond acceptors (Lipinski definition) is 4. The molecule has 2 saturated carbocycles. The third-order valence-corrected chi connectivity index (χ3v) is 7.42. The lowest BCUT2D eigenvalue weighted by Gasteiger charge is -2.28. The molecular formula is C26H26F3N3O. The largest absolute Gasteiger partial charge is 0.481 e. The smallest absolute Gasteiger partial charge is 0.416 e. The number of pyridine rings is 2. The fourth-order valence-corrected chi connectivity index (χ4v) is 5.61. The van der Waals surface area contributed by atoms with E-state index < -0.39 is 11.7 Å². The molecule has 2 heterocycles. The first-order valence-electron chi connectivity index (χ1n) is 11.2. The minimum atomic E-state index is -4.34. The minimum Gasteiger partial charge on any atom is -0.481 e. The van der Waals surface area contributed by atoms with Gasteiger partial charge in [-0.1, -0.05) is 12.1 Å². The molecule has 2 fully saturated rings. The van der Waals surface area contributed by atoms with Crippen molar-refractivity contribution in [2.45, 2.75) is 43.7 Å². The molecule has 2 aromatic heterocycles. The summed E-state index contributed by atoms with van der Waals surface area (Å²) in [5.74, 6) is 0.571. The van der Waals surface area contributed by atoms with Crippen molar-refractivity contribution in [3.8, 4) is 17.0 Å². The molecule has 1 aromatic carbocycles. The van der Waals surface area contributed by atoms with Crippen molar-refractivity contribution in [3.63, 3.8) is 0 Å². The van der Waals surface area contributed by atoms with Gasteiger partial charge in [0.15, 0.2) is 0 Å². The van der Waals surface area contributed by atoms with Crippen LogP contribution >= 0.6 is 0 Å². The molecule has 172 valence electrons. The van der Waals surface area contributed by atoms with Gasteiger partial charge in [-0.15, -0.1) is 0 Å². The normalized spacial score (nSPS) is 24.1. The lowest BCUT2D eigenvalue weighted by molar-refractivity contribution is -0.137. The lowest BCUT2D eigenvalue weighted by Crippen LogP contribution is -2.24. The van der Waals surface area contributed by atoms with Crippen LogP contribution in [0.15, 0.2) is 60.9 Å². The molecular weight excluding hydrogens is 427 g/mol. The van der Waals surface area contributed by atoms with Crippen molar-refractivity contribution in [1.29, 1.82) is 0 Å². The molecule has 2 aliphatic rings. The molecule has 7 heteroatoms. The number of nitrogens with one attached hydrogen (secondary N) is 1. The van der Waals surface area contributed by atoms with Crippen LogP contribution in [0.4, 0.5) is 18.9 Å². The predicted octanol–water partition coefficient (Wildman–Crippen LogP) is 6.49. The number of aromatic nitrogens is 2. The number of ether oxygens (including phenoxy) is 1. The summed E-state index contributed by atoms with van der Waals surface area (Å²) < 4.78 is 44.9. The van der Waals surface area contributed by atoms with Crippen LogP contribution in [0.2, 0.25) is 0 Å². The average molecular weight is 454 g/mol. The van der Waals surface area contributed by atoms with E-state index in [4.69, 9.17) is 4.74 Å². The van der Waals surface area contributed by atoms with Gasteiger partial charge in [-0.05, 0) is 79.0 Å². The Balaban J connectivity index is 1.30. The SMILES string of the molecule is COc1cc(-c2cccc(NCC34CCC(c5cc(C(F)(F)F)ccn5)(CC3)C4)c2)ccn1. The topological polar surface area (TPSA) is 47.0 Å². The summed E-state index contributed by atoms with van der Waals surface area (Å²) in [6.07, 6.45) is 3.35. The summed E-state index contributed by atoms with van der Waals surface area (Å²) in [4.78, 5) is 8.54. The van der Waals surface area contributed by atoms with Gasteiger partial charge in [-0.3, -0.25) is 4.98 Å². The van der Waals surface area contributed by atoms with Gasteiger partial charge in [0.2, 0.25) is 5.88 Å².